The van der Waals surface area contributed by atoms with E-state index in [1.54, 1.807) is 12.1 Å². The van der Waals surface area contributed by atoms with Gasteiger partial charge in [-0.3, -0.25) is 4.90 Å². The molecule has 0 N–H and O–H groups in total. The highest BCUT2D eigenvalue weighted by molar-refractivity contribution is 5.89. The topological polar surface area (TPSA) is 29.5 Å². The molecule has 2 rings (SSSR count). The first-order chi connectivity index (χ1) is 9.47. The Morgan fingerprint density at radius 2 is 1.76 bits per heavy atom. The monoisotopic (exact) mass is 311 g/mol. The molecule has 4 heteroatoms. The molecule has 1 fully saturated rings. The Bertz CT molecular complexity index is 436. The zero-order valence-electron chi connectivity index (χ0n) is 13.2. The summed E-state index contributed by atoms with van der Waals surface area (Å²) in [5.74, 6) is -0.218. The molecule has 21 heavy (non-hydrogen) atoms. The maximum atomic E-state index is 12.2. The second kappa shape index (κ2) is 7.81. The van der Waals surface area contributed by atoms with Gasteiger partial charge in [0.2, 0.25) is 0 Å². The third-order valence-electron chi connectivity index (χ3n) is 3.85. The average molecular weight is 312 g/mol. The summed E-state index contributed by atoms with van der Waals surface area (Å²) in [5.41, 5.74) is 0.579. The molecule has 0 aliphatic carbocycles. The van der Waals surface area contributed by atoms with Crippen LogP contribution in [0.15, 0.2) is 30.3 Å². The Hall–Kier alpha value is -1.06. The summed E-state index contributed by atoms with van der Waals surface area (Å²) in [5, 5.41) is 0. The normalized spacial score (nSPS) is 17.1. The molecular weight excluding hydrogens is 286 g/mol. The second-order valence-corrected chi connectivity index (χ2v) is 6.63. The first-order valence-electron chi connectivity index (χ1n) is 7.45. The minimum Gasteiger partial charge on any atom is -0.457 e. The molecule has 1 aliphatic rings. The highest BCUT2D eigenvalue weighted by Crippen LogP contribution is 2.25. The summed E-state index contributed by atoms with van der Waals surface area (Å²) in [6.45, 7) is 9.47. The van der Waals surface area contributed by atoms with E-state index in [0.29, 0.717) is 5.56 Å². The molecule has 1 unspecified atom stereocenters. The summed E-state index contributed by atoms with van der Waals surface area (Å²) in [4.78, 5) is 14.6. The van der Waals surface area contributed by atoms with Gasteiger partial charge in [0.05, 0.1) is 5.56 Å². The molecule has 1 saturated heterocycles. The first-order valence-corrected chi connectivity index (χ1v) is 7.45. The van der Waals surface area contributed by atoms with Crippen molar-refractivity contribution in [1.29, 1.82) is 0 Å². The summed E-state index contributed by atoms with van der Waals surface area (Å²) in [6, 6.07) is 9.24. The van der Waals surface area contributed by atoms with Crippen LogP contribution in [-0.2, 0) is 4.74 Å². The quantitative estimate of drug-likeness (QED) is 0.793. The van der Waals surface area contributed by atoms with E-state index in [1.807, 2.05) is 18.2 Å². The van der Waals surface area contributed by atoms with Crippen LogP contribution in [0, 0.1) is 5.41 Å². The molecule has 118 valence electrons. The van der Waals surface area contributed by atoms with Crippen LogP contribution in [0.1, 0.15) is 44.0 Å². The third kappa shape index (κ3) is 5.33. The van der Waals surface area contributed by atoms with E-state index in [1.165, 1.54) is 12.8 Å². The lowest BCUT2D eigenvalue weighted by Gasteiger charge is -2.33. The SMILES string of the molecule is CC(C)(C)C(CN1CCCC1)OC(=O)c1ccccc1.Cl. The van der Waals surface area contributed by atoms with Gasteiger partial charge in [-0.25, -0.2) is 4.79 Å². The smallest absolute Gasteiger partial charge is 0.338 e. The van der Waals surface area contributed by atoms with E-state index in [-0.39, 0.29) is 29.9 Å². The van der Waals surface area contributed by atoms with E-state index in [4.69, 9.17) is 4.74 Å². The summed E-state index contributed by atoms with van der Waals surface area (Å²) >= 11 is 0. The Labute approximate surface area is 134 Å². The van der Waals surface area contributed by atoms with Crippen LogP contribution in [-0.4, -0.2) is 36.6 Å². The van der Waals surface area contributed by atoms with Crippen LogP contribution in [0.4, 0.5) is 0 Å². The number of hydrogen-bond acceptors (Lipinski definition) is 3. The molecule has 1 heterocycles. The van der Waals surface area contributed by atoms with E-state index in [0.717, 1.165) is 19.6 Å². The molecule has 0 amide bonds. The van der Waals surface area contributed by atoms with Crippen molar-refractivity contribution in [2.75, 3.05) is 19.6 Å². The van der Waals surface area contributed by atoms with Gasteiger partial charge in [-0.05, 0) is 38.1 Å². The number of nitrogens with zero attached hydrogens (tertiary/aromatic N) is 1. The van der Waals surface area contributed by atoms with E-state index < -0.39 is 0 Å². The number of esters is 1. The van der Waals surface area contributed by atoms with Crippen molar-refractivity contribution in [2.45, 2.75) is 39.7 Å². The fraction of sp³-hybridized carbons (Fsp3) is 0.588. The average Bonchev–Trinajstić information content (AvgIpc) is 2.91. The molecule has 1 atom stereocenters. The summed E-state index contributed by atoms with van der Waals surface area (Å²) < 4.78 is 5.78. The number of likely N-dealkylation sites (tertiary alicyclic amines) is 1. The lowest BCUT2D eigenvalue weighted by molar-refractivity contribution is -0.0145. The predicted molar refractivity (Wildman–Crippen MR) is 88.0 cm³/mol. The Morgan fingerprint density at radius 1 is 1.19 bits per heavy atom. The van der Waals surface area contributed by atoms with Crippen LogP contribution in [0.3, 0.4) is 0 Å². The largest absolute Gasteiger partial charge is 0.457 e. The predicted octanol–water partition coefficient (Wildman–Crippen LogP) is 3.78. The van der Waals surface area contributed by atoms with Gasteiger partial charge in [-0.1, -0.05) is 39.0 Å². The molecule has 0 spiro atoms. The van der Waals surface area contributed by atoms with E-state index in [2.05, 4.69) is 25.7 Å². The number of carbonyl (C=O) groups is 1. The molecule has 1 aromatic rings. The summed E-state index contributed by atoms with van der Waals surface area (Å²) in [7, 11) is 0. The molecule has 0 saturated carbocycles. The van der Waals surface area contributed by atoms with Crippen molar-refractivity contribution in [1.82, 2.24) is 4.90 Å². The Morgan fingerprint density at radius 3 is 2.29 bits per heavy atom. The lowest BCUT2D eigenvalue weighted by Crippen LogP contribution is -2.41. The van der Waals surface area contributed by atoms with Crippen LogP contribution < -0.4 is 0 Å². The minimum atomic E-state index is -0.218. The van der Waals surface area contributed by atoms with Crippen molar-refractivity contribution in [2.24, 2.45) is 5.41 Å². The van der Waals surface area contributed by atoms with Gasteiger partial charge < -0.3 is 4.74 Å². The summed E-state index contributed by atoms with van der Waals surface area (Å²) in [6.07, 6.45) is 2.43. The number of benzene rings is 1. The molecule has 0 radical (unpaired) electrons. The number of rotatable bonds is 4. The van der Waals surface area contributed by atoms with E-state index >= 15 is 0 Å². The van der Waals surface area contributed by atoms with Gasteiger partial charge in [0.25, 0.3) is 0 Å². The maximum Gasteiger partial charge on any atom is 0.338 e. The molecule has 1 aromatic carbocycles. The number of halogens is 1. The standard InChI is InChI=1S/C17H25NO2.ClH/c1-17(2,3)15(13-18-11-7-8-12-18)20-16(19)14-9-5-4-6-10-14;/h4-6,9-10,15H,7-8,11-13H2,1-3H3;1H. The van der Waals surface area contributed by atoms with Gasteiger partial charge in [0.1, 0.15) is 6.10 Å². The Kier molecular flexibility index (Phi) is 6.69. The fourth-order valence-electron chi connectivity index (χ4n) is 2.46. The van der Waals surface area contributed by atoms with E-state index in [9.17, 15) is 4.79 Å². The number of carbonyl (C=O) groups excluding carboxylic acids is 1. The zero-order chi connectivity index (χ0) is 14.6. The zero-order valence-corrected chi connectivity index (χ0v) is 14.0. The Balaban J connectivity index is 0.00000220. The van der Waals surface area contributed by atoms with Crippen molar-refractivity contribution in [3.8, 4) is 0 Å². The second-order valence-electron chi connectivity index (χ2n) is 6.63. The van der Waals surface area contributed by atoms with Crippen molar-refractivity contribution >= 4 is 18.4 Å². The van der Waals surface area contributed by atoms with Crippen LogP contribution in [0.5, 0.6) is 0 Å². The van der Waals surface area contributed by atoms with Gasteiger partial charge in [-0.15, -0.1) is 12.4 Å². The lowest BCUT2D eigenvalue weighted by atomic mass is 9.88. The maximum absolute atomic E-state index is 12.2. The number of ether oxygens (including phenoxy) is 1. The minimum absolute atomic E-state index is 0. The van der Waals surface area contributed by atoms with Gasteiger partial charge in [0.15, 0.2) is 0 Å². The van der Waals surface area contributed by atoms with Crippen molar-refractivity contribution in [3.05, 3.63) is 35.9 Å². The van der Waals surface area contributed by atoms with Gasteiger partial charge in [-0.2, -0.15) is 0 Å². The molecule has 3 nitrogen and oxygen atoms in total. The third-order valence-corrected chi connectivity index (χ3v) is 3.85. The first kappa shape index (κ1) is 18.0. The highest BCUT2D eigenvalue weighted by atomic mass is 35.5. The van der Waals surface area contributed by atoms with Gasteiger partial charge in [0, 0.05) is 12.0 Å². The molecule has 1 aliphatic heterocycles. The molecule has 0 bridgehead atoms. The van der Waals surface area contributed by atoms with Gasteiger partial charge >= 0.3 is 5.97 Å². The van der Waals surface area contributed by atoms with Crippen LogP contribution in [0.2, 0.25) is 0 Å². The molecular formula is C17H26ClNO2. The van der Waals surface area contributed by atoms with Crippen LogP contribution in [0.25, 0.3) is 0 Å². The van der Waals surface area contributed by atoms with Crippen molar-refractivity contribution < 1.29 is 9.53 Å². The number of hydrogen-bond donors (Lipinski definition) is 0. The fourth-order valence-corrected chi connectivity index (χ4v) is 2.46. The van der Waals surface area contributed by atoms with Crippen LogP contribution >= 0.6 is 12.4 Å². The van der Waals surface area contributed by atoms with Crippen molar-refractivity contribution in [3.63, 3.8) is 0 Å². The molecule has 0 aromatic heterocycles. The highest BCUT2D eigenvalue weighted by Gasteiger charge is 2.31.